The maximum absolute atomic E-state index is 2.75. The van der Waals surface area contributed by atoms with Crippen LogP contribution in [0.2, 0.25) is 0 Å². The Hall–Kier alpha value is -0.300. The highest BCUT2D eigenvalue weighted by Gasteiger charge is 2.58. The zero-order valence-corrected chi connectivity index (χ0v) is 7.74. The molecule has 3 aliphatic rings. The molecule has 1 heterocycles. The van der Waals surface area contributed by atoms with Gasteiger partial charge in [0, 0.05) is 18.1 Å². The minimum Gasteiger partial charge on any atom is -0.287 e. The van der Waals surface area contributed by atoms with Crippen LogP contribution < -0.4 is 0 Å². The highest BCUT2D eigenvalue weighted by atomic mass is 15.4. The van der Waals surface area contributed by atoms with Crippen molar-refractivity contribution >= 4 is 0 Å². The summed E-state index contributed by atoms with van der Waals surface area (Å²) in [6.07, 6.45) is 10.6. The van der Waals surface area contributed by atoms with Crippen LogP contribution in [0.25, 0.3) is 0 Å². The Balaban J connectivity index is 1.68. The molecule has 3 fully saturated rings. The summed E-state index contributed by atoms with van der Waals surface area (Å²) >= 11 is 0. The number of nitrogens with zero attached hydrogens (tertiary/aromatic N) is 1. The van der Waals surface area contributed by atoms with Crippen molar-refractivity contribution in [2.75, 3.05) is 0 Å². The van der Waals surface area contributed by atoms with Crippen molar-refractivity contribution in [3.8, 4) is 0 Å². The summed E-state index contributed by atoms with van der Waals surface area (Å²) in [5.41, 5.74) is 0. The fourth-order valence-corrected chi connectivity index (χ4v) is 2.52. The van der Waals surface area contributed by atoms with E-state index in [2.05, 4.69) is 24.0 Å². The minimum absolute atomic E-state index is 0.843. The quantitative estimate of drug-likeness (QED) is 0.455. The van der Waals surface area contributed by atoms with Crippen LogP contribution in [0.4, 0.5) is 0 Å². The first-order chi connectivity index (χ1) is 5.92. The molecule has 3 atom stereocenters. The van der Waals surface area contributed by atoms with Gasteiger partial charge >= 0.3 is 0 Å². The third-order valence-corrected chi connectivity index (χ3v) is 3.41. The second-order valence-electron chi connectivity index (χ2n) is 4.52. The molecule has 0 amide bonds. The SMILES string of the molecule is C/C=C\C1C(C2CC2)N1C1CC1. The molecule has 3 unspecified atom stereocenters. The fraction of sp³-hybridized carbons (Fsp3) is 0.818. The smallest absolute Gasteiger partial charge is 0.0443 e. The van der Waals surface area contributed by atoms with Crippen molar-refractivity contribution in [2.45, 2.75) is 50.7 Å². The third kappa shape index (κ3) is 1.03. The fourth-order valence-electron chi connectivity index (χ4n) is 2.52. The van der Waals surface area contributed by atoms with Gasteiger partial charge in [0.1, 0.15) is 0 Å². The van der Waals surface area contributed by atoms with E-state index in [1.54, 1.807) is 0 Å². The van der Waals surface area contributed by atoms with Gasteiger partial charge in [0.25, 0.3) is 0 Å². The molecule has 66 valence electrons. The molecule has 2 aliphatic carbocycles. The van der Waals surface area contributed by atoms with Crippen LogP contribution in [0.5, 0.6) is 0 Å². The van der Waals surface area contributed by atoms with Crippen LogP contribution in [-0.2, 0) is 0 Å². The average molecular weight is 163 g/mol. The van der Waals surface area contributed by atoms with E-state index >= 15 is 0 Å². The summed E-state index contributed by atoms with van der Waals surface area (Å²) in [5, 5.41) is 0. The maximum atomic E-state index is 2.75. The third-order valence-electron chi connectivity index (χ3n) is 3.41. The predicted molar refractivity (Wildman–Crippen MR) is 50.0 cm³/mol. The summed E-state index contributed by atoms with van der Waals surface area (Å²) in [4.78, 5) is 2.75. The van der Waals surface area contributed by atoms with Crippen LogP contribution in [0, 0.1) is 5.92 Å². The van der Waals surface area contributed by atoms with Crippen molar-refractivity contribution < 1.29 is 0 Å². The second kappa shape index (κ2) is 2.35. The summed E-state index contributed by atoms with van der Waals surface area (Å²) in [6.45, 7) is 2.15. The summed E-state index contributed by atoms with van der Waals surface area (Å²) in [6, 6.07) is 2.79. The largest absolute Gasteiger partial charge is 0.287 e. The molecule has 0 aromatic carbocycles. The number of rotatable bonds is 3. The molecule has 2 saturated carbocycles. The van der Waals surface area contributed by atoms with Crippen molar-refractivity contribution in [2.24, 2.45) is 5.92 Å². The molecule has 1 aliphatic heterocycles. The molecular formula is C11H17N. The van der Waals surface area contributed by atoms with Crippen molar-refractivity contribution in [3.63, 3.8) is 0 Å². The molecule has 1 saturated heterocycles. The summed E-state index contributed by atoms with van der Waals surface area (Å²) in [5.74, 6) is 1.08. The van der Waals surface area contributed by atoms with E-state index < -0.39 is 0 Å². The van der Waals surface area contributed by atoms with Crippen LogP contribution in [0.1, 0.15) is 32.6 Å². The topological polar surface area (TPSA) is 3.01 Å². The van der Waals surface area contributed by atoms with Crippen molar-refractivity contribution in [1.29, 1.82) is 0 Å². The Labute approximate surface area is 74.4 Å². The van der Waals surface area contributed by atoms with Gasteiger partial charge in [-0.2, -0.15) is 0 Å². The van der Waals surface area contributed by atoms with Gasteiger partial charge in [-0.25, -0.2) is 0 Å². The lowest BCUT2D eigenvalue weighted by molar-refractivity contribution is 0.464. The van der Waals surface area contributed by atoms with Gasteiger partial charge in [0.05, 0.1) is 0 Å². The molecule has 0 aromatic heterocycles. The van der Waals surface area contributed by atoms with Gasteiger partial charge in [0.2, 0.25) is 0 Å². The van der Waals surface area contributed by atoms with E-state index in [9.17, 15) is 0 Å². The first kappa shape index (κ1) is 7.14. The van der Waals surface area contributed by atoms with Gasteiger partial charge in [-0.15, -0.1) is 0 Å². The Morgan fingerprint density at radius 3 is 2.42 bits per heavy atom. The van der Waals surface area contributed by atoms with Gasteiger partial charge in [-0.1, -0.05) is 12.2 Å². The molecule has 12 heavy (non-hydrogen) atoms. The Morgan fingerprint density at radius 2 is 1.92 bits per heavy atom. The lowest BCUT2D eigenvalue weighted by Gasteiger charge is -1.96. The van der Waals surface area contributed by atoms with E-state index in [1.165, 1.54) is 25.7 Å². The van der Waals surface area contributed by atoms with Crippen molar-refractivity contribution in [3.05, 3.63) is 12.2 Å². The number of hydrogen-bond donors (Lipinski definition) is 0. The lowest BCUT2D eigenvalue weighted by atomic mass is 10.2. The molecule has 1 heteroatoms. The predicted octanol–water partition coefficient (Wildman–Crippen LogP) is 2.19. The van der Waals surface area contributed by atoms with Crippen LogP contribution in [0.3, 0.4) is 0 Å². The van der Waals surface area contributed by atoms with Crippen LogP contribution in [-0.4, -0.2) is 23.0 Å². The monoisotopic (exact) mass is 163 g/mol. The zero-order chi connectivity index (χ0) is 8.13. The van der Waals surface area contributed by atoms with Gasteiger partial charge in [-0.05, 0) is 38.5 Å². The van der Waals surface area contributed by atoms with E-state index in [4.69, 9.17) is 0 Å². The van der Waals surface area contributed by atoms with Gasteiger partial charge in [0.15, 0.2) is 0 Å². The molecular weight excluding hydrogens is 146 g/mol. The Kier molecular flexibility index (Phi) is 1.40. The highest BCUT2D eigenvalue weighted by Crippen LogP contribution is 2.52. The maximum Gasteiger partial charge on any atom is 0.0443 e. The molecule has 1 nitrogen and oxygen atoms in total. The average Bonchev–Trinajstić information content (AvgIpc) is 2.88. The molecule has 0 aromatic rings. The first-order valence-electron chi connectivity index (χ1n) is 5.32. The summed E-state index contributed by atoms with van der Waals surface area (Å²) in [7, 11) is 0. The number of hydrogen-bond acceptors (Lipinski definition) is 1. The van der Waals surface area contributed by atoms with E-state index in [1.807, 2.05) is 0 Å². The zero-order valence-electron chi connectivity index (χ0n) is 7.74. The van der Waals surface area contributed by atoms with E-state index in [-0.39, 0.29) is 0 Å². The standard InChI is InChI=1S/C11H17N/c1-2-3-10-11(8-4-5-8)12(10)9-6-7-9/h2-3,8-11H,4-7H2,1H3/b3-2-. The Bertz CT molecular complexity index is 195. The van der Waals surface area contributed by atoms with Gasteiger partial charge < -0.3 is 0 Å². The molecule has 0 spiro atoms. The van der Waals surface area contributed by atoms with E-state index in [0.717, 1.165) is 24.0 Å². The molecule has 0 bridgehead atoms. The highest BCUT2D eigenvalue weighted by molar-refractivity contribution is 5.21. The minimum atomic E-state index is 0.843. The first-order valence-corrected chi connectivity index (χ1v) is 5.32. The second-order valence-corrected chi connectivity index (χ2v) is 4.52. The normalized spacial score (nSPS) is 46.9. The molecule has 0 N–H and O–H groups in total. The van der Waals surface area contributed by atoms with Crippen LogP contribution >= 0.6 is 0 Å². The van der Waals surface area contributed by atoms with Gasteiger partial charge in [-0.3, -0.25) is 4.90 Å². The van der Waals surface area contributed by atoms with Crippen molar-refractivity contribution in [1.82, 2.24) is 4.90 Å². The Morgan fingerprint density at radius 1 is 1.17 bits per heavy atom. The number of allylic oxidation sites excluding steroid dienone is 1. The van der Waals surface area contributed by atoms with E-state index in [0.29, 0.717) is 0 Å². The lowest BCUT2D eigenvalue weighted by Crippen LogP contribution is -2.05. The molecule has 0 radical (unpaired) electrons. The summed E-state index contributed by atoms with van der Waals surface area (Å²) < 4.78 is 0. The molecule has 3 rings (SSSR count). The van der Waals surface area contributed by atoms with Crippen LogP contribution in [0.15, 0.2) is 12.2 Å².